The maximum atomic E-state index is 4.62. The Labute approximate surface area is 709 Å². The van der Waals surface area contributed by atoms with Crippen LogP contribution in [0.1, 0.15) is 27.8 Å². The predicted molar refractivity (Wildman–Crippen MR) is 441 cm³/mol. The second kappa shape index (κ2) is 37.1. The zero-order valence-corrected chi connectivity index (χ0v) is 72.6. The minimum Gasteiger partial charge on any atom is -0.304 e. The Bertz CT molecular complexity index is 6600. The molecule has 0 amide bonds. The Balaban J connectivity index is 0.000000135. The van der Waals surface area contributed by atoms with Crippen LogP contribution in [-0.4, -0.2) is 24.9 Å². The number of benzene rings is 15. The average molecular weight is 2300 g/mol. The first-order valence-electron chi connectivity index (χ1n) is 35.4. The van der Waals surface area contributed by atoms with Gasteiger partial charge in [-0.05, 0) is 192 Å². The molecule has 5 heterocycles. The van der Waals surface area contributed by atoms with Crippen molar-refractivity contribution >= 4 is 108 Å². The van der Waals surface area contributed by atoms with Crippen LogP contribution >= 0.6 is 0 Å². The van der Waals surface area contributed by atoms with Crippen molar-refractivity contribution < 1.29 is 101 Å². The summed E-state index contributed by atoms with van der Waals surface area (Å²) in [4.78, 5) is 22.9. The maximum absolute atomic E-state index is 4.62. The number of rotatable bonds is 5. The van der Waals surface area contributed by atoms with Crippen LogP contribution in [0.4, 0.5) is 0 Å². The Morgan fingerprint density at radius 1 is 0.191 bits per heavy atom. The van der Waals surface area contributed by atoms with Crippen molar-refractivity contribution in [3.05, 3.63) is 392 Å². The van der Waals surface area contributed by atoms with E-state index in [1.165, 1.54) is 136 Å². The fourth-order valence-corrected chi connectivity index (χ4v) is 14.4. The smallest absolute Gasteiger partial charge is 0.0167 e. The Kier molecular flexibility index (Phi) is 27.3. The van der Waals surface area contributed by atoms with Crippen LogP contribution in [0.5, 0.6) is 0 Å². The minimum atomic E-state index is 0. The number of pyridine rings is 5. The molecule has 0 unspecified atom stereocenters. The molecule has 10 heteroatoms. The van der Waals surface area contributed by atoms with E-state index in [0.29, 0.717) is 0 Å². The van der Waals surface area contributed by atoms with Gasteiger partial charge in [-0.2, -0.15) is 0 Å². The van der Waals surface area contributed by atoms with Crippen molar-refractivity contribution in [1.29, 1.82) is 0 Å². The SMILES string of the molecule is Cc1c[c-]c(-c2nccc3c2cc(C)c2ccccc23)cc1.Cc1c[c-]c(-c2nccc3c2ccc2ccccc23)cc1.Cc1cc[c-]c(-c2nccc3c2ccc2ccccc23)c1.Cc1cccc2c1ccc1c(-c3[c-]cccc3)nccc12.[Ir].[Ir].[Ir].[Ir].[Ir].[c-]1ccccc1-c1nccc2c1ccc1ccccc12. The molecular formula is C100H70Ir5N5-5. The Hall–Kier alpha value is -10.1. The normalized spacial score (nSPS) is 10.6. The largest absolute Gasteiger partial charge is 0.304 e. The minimum absolute atomic E-state index is 0. The van der Waals surface area contributed by atoms with Crippen molar-refractivity contribution in [2.45, 2.75) is 34.6 Å². The van der Waals surface area contributed by atoms with Gasteiger partial charge in [-0.15, -0.1) is 178 Å². The van der Waals surface area contributed by atoms with E-state index in [0.717, 1.165) is 56.3 Å². The fraction of sp³-hybridized carbons (Fsp3) is 0.0500. The van der Waals surface area contributed by atoms with E-state index in [4.69, 9.17) is 0 Å². The molecule has 0 saturated carbocycles. The Morgan fingerprint density at radius 3 is 0.918 bits per heavy atom. The molecule has 15 aromatic carbocycles. The second-order valence-corrected chi connectivity index (χ2v) is 26.5. The van der Waals surface area contributed by atoms with Crippen LogP contribution in [0.3, 0.4) is 0 Å². The third-order valence-electron chi connectivity index (χ3n) is 19.6. The number of nitrogens with zero attached hydrogens (tertiary/aromatic N) is 5. The summed E-state index contributed by atoms with van der Waals surface area (Å²) in [7, 11) is 0. The first kappa shape index (κ1) is 80.9. The molecule has 20 rings (SSSR count). The van der Waals surface area contributed by atoms with E-state index >= 15 is 0 Å². The molecule has 110 heavy (non-hydrogen) atoms. The van der Waals surface area contributed by atoms with Gasteiger partial charge in [0, 0.05) is 132 Å². The number of hydrogen-bond acceptors (Lipinski definition) is 5. The quantitative estimate of drug-likeness (QED) is 0.127. The molecule has 0 bridgehead atoms. The second-order valence-electron chi connectivity index (χ2n) is 26.5. The molecule has 5 radical (unpaired) electrons. The van der Waals surface area contributed by atoms with Gasteiger partial charge >= 0.3 is 0 Å². The summed E-state index contributed by atoms with van der Waals surface area (Å²) in [6.07, 6.45) is 9.44. The van der Waals surface area contributed by atoms with Gasteiger partial charge in [0.15, 0.2) is 0 Å². The van der Waals surface area contributed by atoms with Gasteiger partial charge in [0.2, 0.25) is 0 Å². The molecule has 0 aliphatic heterocycles. The van der Waals surface area contributed by atoms with E-state index < -0.39 is 0 Å². The summed E-state index contributed by atoms with van der Waals surface area (Å²) in [5, 5.41) is 24.9. The summed E-state index contributed by atoms with van der Waals surface area (Å²) in [5.74, 6) is 0. The van der Waals surface area contributed by atoms with Gasteiger partial charge in [-0.1, -0.05) is 191 Å². The zero-order chi connectivity index (χ0) is 71.2. The third kappa shape index (κ3) is 17.1. The van der Waals surface area contributed by atoms with E-state index in [1.54, 1.807) is 0 Å². The first-order valence-corrected chi connectivity index (χ1v) is 35.4. The molecule has 0 atom stereocenters. The average Bonchev–Trinajstić information content (AvgIpc) is 0.774. The summed E-state index contributed by atoms with van der Waals surface area (Å²) in [6, 6.07) is 122. The number of fused-ring (bicyclic) bond motifs is 15. The molecule has 0 saturated heterocycles. The third-order valence-corrected chi connectivity index (χ3v) is 19.6. The summed E-state index contributed by atoms with van der Waals surface area (Å²) >= 11 is 0. The predicted octanol–water partition coefficient (Wildman–Crippen LogP) is 25.8. The van der Waals surface area contributed by atoms with Gasteiger partial charge in [-0.3, -0.25) is 0 Å². The number of aromatic nitrogens is 5. The van der Waals surface area contributed by atoms with Crippen LogP contribution in [0.15, 0.2) is 334 Å². The van der Waals surface area contributed by atoms with E-state index in [-0.39, 0.29) is 101 Å². The first-order chi connectivity index (χ1) is 51.7. The van der Waals surface area contributed by atoms with Crippen molar-refractivity contribution in [1.82, 2.24) is 24.9 Å². The van der Waals surface area contributed by atoms with Gasteiger partial charge < -0.3 is 24.9 Å². The van der Waals surface area contributed by atoms with Crippen molar-refractivity contribution in [3.8, 4) is 56.3 Å². The molecular weight excluding hydrogens is 2230 g/mol. The molecule has 545 valence electrons. The van der Waals surface area contributed by atoms with Gasteiger partial charge in [0.05, 0.1) is 0 Å². The molecule has 5 aromatic heterocycles. The van der Waals surface area contributed by atoms with Crippen LogP contribution in [-0.2, 0) is 101 Å². The van der Waals surface area contributed by atoms with Crippen molar-refractivity contribution in [3.63, 3.8) is 0 Å². The number of aryl methyl sites for hydroxylation is 5. The van der Waals surface area contributed by atoms with Crippen molar-refractivity contribution in [2.24, 2.45) is 0 Å². The van der Waals surface area contributed by atoms with Crippen LogP contribution in [0.25, 0.3) is 164 Å². The molecule has 0 spiro atoms. The zero-order valence-electron chi connectivity index (χ0n) is 60.7. The van der Waals surface area contributed by atoms with Crippen LogP contribution in [0, 0.1) is 65.0 Å². The van der Waals surface area contributed by atoms with Gasteiger partial charge in [-0.25, -0.2) is 0 Å². The Morgan fingerprint density at radius 2 is 0.509 bits per heavy atom. The number of hydrogen-bond donors (Lipinski definition) is 0. The molecule has 0 aliphatic rings. The van der Waals surface area contributed by atoms with E-state index in [9.17, 15) is 0 Å². The molecule has 0 N–H and O–H groups in total. The summed E-state index contributed by atoms with van der Waals surface area (Å²) in [5.41, 5.74) is 16.4. The van der Waals surface area contributed by atoms with Crippen LogP contribution < -0.4 is 0 Å². The van der Waals surface area contributed by atoms with E-state index in [1.807, 2.05) is 85.6 Å². The van der Waals surface area contributed by atoms with Crippen molar-refractivity contribution in [2.75, 3.05) is 0 Å². The fourth-order valence-electron chi connectivity index (χ4n) is 14.4. The van der Waals surface area contributed by atoms with Gasteiger partial charge in [0.25, 0.3) is 0 Å². The maximum Gasteiger partial charge on any atom is 0.0167 e. The molecule has 20 aromatic rings. The summed E-state index contributed by atoms with van der Waals surface area (Å²) in [6.45, 7) is 10.6. The van der Waals surface area contributed by atoms with Crippen LogP contribution in [0.2, 0.25) is 0 Å². The topological polar surface area (TPSA) is 64.5 Å². The molecule has 0 aliphatic carbocycles. The standard InChI is InChI=1S/C21H16N.3C20H14N.C19H12N.5Ir/c1-14-7-9-16(10-8-14)21-20-13-15(2)17-5-3-4-6-18(17)19(20)11-12-22-21;1-14-5-4-7-16(13-14)20-19-10-9-15-6-2-3-8-17(15)18(19)11-12-21-20;1-14-6-5-9-17-16(14)10-11-19-18(17)12-13-21-20(19)15-7-3-2-4-8-15;1-14-6-8-16(9-7-14)20-19-11-10-15-4-2-3-5-17(15)18(19)12-13-21-20;1-2-7-15(8-3-1)19-18-11-10-14-6-4-5-9-16(14)17(18)12-13-20-19;;;;;/h3-9,11-13H,1-2H3;2-6,8-13H,1H3;2-7,9-13H,1H3;2-8,10-13H,1H3;1-7,9-13H;;;;;/q5*-1;;;;;. The molecule has 5 nitrogen and oxygen atoms in total. The molecule has 0 fully saturated rings. The monoisotopic (exact) mass is 2310 g/mol. The summed E-state index contributed by atoms with van der Waals surface area (Å²) < 4.78 is 0. The van der Waals surface area contributed by atoms with E-state index in [2.05, 4.69) is 339 Å². The van der Waals surface area contributed by atoms with Gasteiger partial charge in [0.1, 0.15) is 0 Å².